The molecule has 1 N–H and O–H groups in total. The van der Waals surface area contributed by atoms with Crippen LogP contribution in [0.4, 0.5) is 0 Å². The van der Waals surface area contributed by atoms with Crippen LogP contribution < -0.4 is 0 Å². The Kier molecular flexibility index (Phi) is 5.04. The topological polar surface area (TPSA) is 83.5 Å². The number of hydrogen-bond acceptors (Lipinski definition) is 6. The molecule has 0 bridgehead atoms. The summed E-state index contributed by atoms with van der Waals surface area (Å²) in [5, 5.41) is 1.06. The minimum Gasteiger partial charge on any atom is -0.464 e. The molecule has 154 valence electrons. The van der Waals surface area contributed by atoms with Crippen molar-refractivity contribution in [3.8, 4) is 0 Å². The molecule has 0 amide bonds. The number of hydrogen-bond donors (Lipinski definition) is 1. The highest BCUT2D eigenvalue weighted by molar-refractivity contribution is 5.98. The number of aromatic amines is 1. The van der Waals surface area contributed by atoms with Crippen LogP contribution in [0.1, 0.15) is 52.4 Å². The minimum atomic E-state index is -0.333. The third-order valence-corrected chi connectivity index (χ3v) is 5.98. The highest BCUT2D eigenvalue weighted by Crippen LogP contribution is 2.27. The molecule has 2 aliphatic rings. The number of carbonyl (C=O) groups is 1. The molecule has 2 aliphatic heterocycles. The number of esters is 1. The fraction of sp³-hybridized carbons (Fsp3) is 0.391. The van der Waals surface area contributed by atoms with Gasteiger partial charge >= 0.3 is 5.97 Å². The van der Waals surface area contributed by atoms with Gasteiger partial charge in [0, 0.05) is 60.8 Å². The number of aliphatic imine (C=N–C) groups is 1. The monoisotopic (exact) mass is 403 g/mol. The number of para-hydroxylation sites is 1. The zero-order valence-corrected chi connectivity index (χ0v) is 17.1. The Balaban J connectivity index is 1.40. The van der Waals surface area contributed by atoms with E-state index in [2.05, 4.69) is 19.9 Å². The molecule has 1 aromatic carbocycles. The molecule has 5 rings (SSSR count). The number of carbonyl (C=O) groups excluding carboxylic acids is 1. The number of ether oxygens (including phenoxy) is 1. The van der Waals surface area contributed by atoms with Gasteiger partial charge in [0.25, 0.3) is 0 Å². The predicted octanol–water partition coefficient (Wildman–Crippen LogP) is 3.28. The Bertz CT molecular complexity index is 1130. The Morgan fingerprint density at radius 1 is 1.23 bits per heavy atom. The minimum absolute atomic E-state index is 0.333. The Hall–Kier alpha value is -3.06. The van der Waals surface area contributed by atoms with E-state index in [0.717, 1.165) is 78.2 Å². The van der Waals surface area contributed by atoms with Crippen LogP contribution in [0.25, 0.3) is 10.9 Å². The van der Waals surface area contributed by atoms with Gasteiger partial charge < -0.3 is 9.72 Å². The number of nitrogens with zero attached hydrogens (tertiary/aromatic N) is 4. The van der Waals surface area contributed by atoms with E-state index in [1.54, 1.807) is 0 Å². The molecule has 2 aromatic heterocycles. The first-order chi connectivity index (χ1) is 14.7. The van der Waals surface area contributed by atoms with Crippen molar-refractivity contribution < 1.29 is 9.53 Å². The van der Waals surface area contributed by atoms with Crippen LogP contribution in [0.15, 0.2) is 35.5 Å². The van der Waals surface area contributed by atoms with Crippen molar-refractivity contribution >= 4 is 22.6 Å². The summed E-state index contributed by atoms with van der Waals surface area (Å²) in [4.78, 5) is 31.9. The molecular weight excluding hydrogens is 378 g/mol. The molecule has 30 heavy (non-hydrogen) atoms. The lowest BCUT2D eigenvalue weighted by atomic mass is 10.0. The highest BCUT2D eigenvalue weighted by Gasteiger charge is 2.24. The van der Waals surface area contributed by atoms with Crippen LogP contribution in [-0.2, 0) is 24.2 Å². The number of H-pyrrole nitrogens is 1. The van der Waals surface area contributed by atoms with Crippen molar-refractivity contribution in [2.24, 2.45) is 4.99 Å². The van der Waals surface area contributed by atoms with E-state index in [0.29, 0.717) is 12.2 Å². The molecule has 0 spiro atoms. The maximum atomic E-state index is 12.3. The zero-order valence-electron chi connectivity index (χ0n) is 17.1. The summed E-state index contributed by atoms with van der Waals surface area (Å²) in [6.07, 6.45) is 6.12. The van der Waals surface area contributed by atoms with Gasteiger partial charge in [-0.2, -0.15) is 0 Å². The second kappa shape index (κ2) is 7.99. The highest BCUT2D eigenvalue weighted by atomic mass is 16.5. The van der Waals surface area contributed by atoms with Crippen LogP contribution in [0.2, 0.25) is 0 Å². The SMILES string of the molecule is COC(=O)c1[nH]c2ccccc2c1CN1CCc2nc(C3=NCCCC3)ncc2C1. The van der Waals surface area contributed by atoms with Crippen LogP contribution in [0, 0.1) is 0 Å². The zero-order chi connectivity index (χ0) is 20.5. The van der Waals surface area contributed by atoms with Crippen LogP contribution in [0.3, 0.4) is 0 Å². The first-order valence-electron chi connectivity index (χ1n) is 10.5. The molecule has 0 atom stereocenters. The summed E-state index contributed by atoms with van der Waals surface area (Å²) in [6.45, 7) is 3.21. The standard InChI is InChI=1S/C23H25N5O2/c1-30-23(29)21-17(16-6-2-3-7-19(16)26-21)14-28-11-9-18-15(13-28)12-25-22(27-18)20-8-4-5-10-24-20/h2-3,6-7,12,26H,4-5,8-11,13-14H2,1H3. The van der Waals surface area contributed by atoms with E-state index < -0.39 is 0 Å². The van der Waals surface area contributed by atoms with Gasteiger partial charge in [0.1, 0.15) is 5.69 Å². The van der Waals surface area contributed by atoms with Crippen molar-refractivity contribution in [3.05, 3.63) is 58.8 Å². The molecule has 0 radical (unpaired) electrons. The van der Waals surface area contributed by atoms with Crippen molar-refractivity contribution in [1.29, 1.82) is 0 Å². The van der Waals surface area contributed by atoms with E-state index >= 15 is 0 Å². The second-order valence-corrected chi connectivity index (χ2v) is 7.93. The van der Waals surface area contributed by atoms with Gasteiger partial charge in [-0.25, -0.2) is 14.8 Å². The average molecular weight is 403 g/mol. The summed E-state index contributed by atoms with van der Waals surface area (Å²) in [6, 6.07) is 7.99. The van der Waals surface area contributed by atoms with Crippen molar-refractivity contribution in [3.63, 3.8) is 0 Å². The Labute approximate surface area is 175 Å². The van der Waals surface area contributed by atoms with Gasteiger partial charge in [0.2, 0.25) is 0 Å². The van der Waals surface area contributed by atoms with Crippen molar-refractivity contribution in [1.82, 2.24) is 19.9 Å². The fourth-order valence-electron chi connectivity index (χ4n) is 4.39. The second-order valence-electron chi connectivity index (χ2n) is 7.93. The van der Waals surface area contributed by atoms with Gasteiger partial charge in [-0.1, -0.05) is 18.2 Å². The quantitative estimate of drug-likeness (QED) is 0.676. The third kappa shape index (κ3) is 3.50. The Morgan fingerprint density at radius 3 is 2.97 bits per heavy atom. The molecule has 3 aromatic rings. The third-order valence-electron chi connectivity index (χ3n) is 5.98. The molecule has 0 saturated heterocycles. The number of aromatic nitrogens is 3. The van der Waals surface area contributed by atoms with Crippen LogP contribution in [0.5, 0.6) is 0 Å². The van der Waals surface area contributed by atoms with Gasteiger partial charge in [-0.15, -0.1) is 0 Å². The first-order valence-corrected chi connectivity index (χ1v) is 10.5. The molecule has 0 saturated carbocycles. The summed E-state index contributed by atoms with van der Waals surface area (Å²) >= 11 is 0. The predicted molar refractivity (Wildman–Crippen MR) is 115 cm³/mol. The first kappa shape index (κ1) is 18.9. The van der Waals surface area contributed by atoms with E-state index in [4.69, 9.17) is 9.72 Å². The molecule has 0 unspecified atom stereocenters. The van der Waals surface area contributed by atoms with E-state index in [1.165, 1.54) is 13.5 Å². The number of benzene rings is 1. The largest absolute Gasteiger partial charge is 0.464 e. The summed E-state index contributed by atoms with van der Waals surface area (Å²) in [7, 11) is 1.42. The van der Waals surface area contributed by atoms with Gasteiger partial charge in [0.05, 0.1) is 18.5 Å². The number of nitrogens with one attached hydrogen (secondary N) is 1. The summed E-state index contributed by atoms with van der Waals surface area (Å²) in [5.41, 5.74) is 5.79. The Morgan fingerprint density at radius 2 is 2.13 bits per heavy atom. The lowest BCUT2D eigenvalue weighted by molar-refractivity contribution is 0.0592. The molecule has 7 nitrogen and oxygen atoms in total. The van der Waals surface area contributed by atoms with Crippen LogP contribution >= 0.6 is 0 Å². The lowest BCUT2D eigenvalue weighted by Crippen LogP contribution is -2.32. The molecule has 0 aliphatic carbocycles. The van der Waals surface area contributed by atoms with Crippen molar-refractivity contribution in [2.45, 2.75) is 38.8 Å². The van der Waals surface area contributed by atoms with Gasteiger partial charge in [-0.3, -0.25) is 9.89 Å². The lowest BCUT2D eigenvalue weighted by Gasteiger charge is -2.28. The maximum absolute atomic E-state index is 12.3. The van der Waals surface area contributed by atoms with Gasteiger partial charge in [0.15, 0.2) is 5.82 Å². The normalized spacial score (nSPS) is 16.9. The molecular formula is C23H25N5O2. The van der Waals surface area contributed by atoms with Crippen LogP contribution in [-0.4, -0.2) is 51.7 Å². The number of rotatable bonds is 4. The van der Waals surface area contributed by atoms with E-state index in [9.17, 15) is 4.79 Å². The summed E-state index contributed by atoms with van der Waals surface area (Å²) < 4.78 is 5.00. The van der Waals surface area contributed by atoms with E-state index in [-0.39, 0.29) is 5.97 Å². The molecule has 0 fully saturated rings. The smallest absolute Gasteiger partial charge is 0.354 e. The van der Waals surface area contributed by atoms with Crippen molar-refractivity contribution in [2.75, 3.05) is 20.2 Å². The summed E-state index contributed by atoms with van der Waals surface area (Å²) in [5.74, 6) is 0.464. The van der Waals surface area contributed by atoms with E-state index in [1.807, 2.05) is 30.5 Å². The molecule has 7 heteroatoms. The number of fused-ring (bicyclic) bond motifs is 2. The maximum Gasteiger partial charge on any atom is 0.354 e. The molecule has 4 heterocycles. The van der Waals surface area contributed by atoms with Gasteiger partial charge in [-0.05, 0) is 25.3 Å². The fourth-order valence-corrected chi connectivity index (χ4v) is 4.39. The number of methoxy groups -OCH3 is 1. The average Bonchev–Trinajstić information content (AvgIpc) is 3.17.